The van der Waals surface area contributed by atoms with Crippen LogP contribution in [0, 0.1) is 0 Å². The minimum Gasteiger partial charge on any atom is -0.378 e. The number of ether oxygens (including phenoxy) is 4. The van der Waals surface area contributed by atoms with E-state index < -0.39 is 11.9 Å². The molecule has 0 saturated carbocycles. The average Bonchev–Trinajstić information content (AvgIpc) is 2.45. The molecule has 0 heterocycles. The van der Waals surface area contributed by atoms with Crippen molar-refractivity contribution in [1.82, 2.24) is 0 Å². The molecule has 21 heavy (non-hydrogen) atoms. The van der Waals surface area contributed by atoms with Crippen molar-refractivity contribution in [1.29, 1.82) is 0 Å². The van der Waals surface area contributed by atoms with Crippen molar-refractivity contribution < 1.29 is 28.5 Å². The number of rotatable bonds is 15. The van der Waals surface area contributed by atoms with Crippen LogP contribution in [0.1, 0.15) is 0 Å². The summed E-state index contributed by atoms with van der Waals surface area (Å²) < 4.78 is 20.2. The summed E-state index contributed by atoms with van der Waals surface area (Å²) in [4.78, 5) is 21.9. The average molecular weight is 307 g/mol. The third-order valence-corrected chi connectivity index (χ3v) is 2.21. The fourth-order valence-corrected chi connectivity index (χ4v) is 1.18. The van der Waals surface area contributed by atoms with Crippen LogP contribution in [0.5, 0.6) is 0 Å². The highest BCUT2D eigenvalue weighted by molar-refractivity contribution is 5.85. The summed E-state index contributed by atoms with van der Waals surface area (Å²) in [5, 5.41) is 0. The molecule has 0 saturated heterocycles. The first-order valence-corrected chi connectivity index (χ1v) is 6.65. The number of Topliss-reactive ketones (excluding diaryl/α,β-unsaturated/α-hetero) is 1. The molecule has 0 aromatic carbocycles. The highest BCUT2D eigenvalue weighted by atomic mass is 16.5. The molecule has 0 aliphatic carbocycles. The molecule has 1 atom stereocenters. The number of hydrogen-bond acceptors (Lipinski definition) is 8. The predicted octanol–water partition coefficient (Wildman–Crippen LogP) is -2.61. The van der Waals surface area contributed by atoms with Gasteiger partial charge in [-0.1, -0.05) is 0 Å². The molecule has 1 unspecified atom stereocenters. The van der Waals surface area contributed by atoms with Crippen molar-refractivity contribution >= 4 is 11.7 Å². The van der Waals surface area contributed by atoms with E-state index in [0.29, 0.717) is 26.4 Å². The summed E-state index contributed by atoms with van der Waals surface area (Å²) in [6.45, 7) is 1.84. The number of amides is 1. The third kappa shape index (κ3) is 13.6. The summed E-state index contributed by atoms with van der Waals surface area (Å²) in [7, 11) is 0. The van der Waals surface area contributed by atoms with E-state index >= 15 is 0 Å². The van der Waals surface area contributed by atoms with Crippen LogP contribution >= 0.6 is 0 Å². The fraction of sp³-hybridized carbons (Fsp3) is 0.833. The first-order valence-electron chi connectivity index (χ1n) is 6.65. The van der Waals surface area contributed by atoms with E-state index in [-0.39, 0.29) is 38.8 Å². The Balaban J connectivity index is 3.42. The Morgan fingerprint density at radius 3 is 2.05 bits per heavy atom. The highest BCUT2D eigenvalue weighted by Gasteiger charge is 2.13. The Morgan fingerprint density at radius 2 is 1.43 bits per heavy atom. The van der Waals surface area contributed by atoms with Gasteiger partial charge in [-0.25, -0.2) is 0 Å². The number of nitrogens with two attached hydrogens (primary N) is 3. The van der Waals surface area contributed by atoms with Gasteiger partial charge in [-0.2, -0.15) is 0 Å². The molecule has 6 N–H and O–H groups in total. The van der Waals surface area contributed by atoms with Crippen molar-refractivity contribution in [3.8, 4) is 0 Å². The van der Waals surface area contributed by atoms with Crippen LogP contribution < -0.4 is 17.2 Å². The molecule has 1 amide bonds. The molecular weight excluding hydrogens is 282 g/mol. The van der Waals surface area contributed by atoms with Gasteiger partial charge in [-0.15, -0.1) is 0 Å². The lowest BCUT2D eigenvalue weighted by Gasteiger charge is -2.11. The van der Waals surface area contributed by atoms with Crippen LogP contribution in [0.25, 0.3) is 0 Å². The first-order chi connectivity index (χ1) is 10.1. The molecule has 0 fully saturated rings. The molecule has 9 heteroatoms. The maximum atomic E-state index is 11.6. The zero-order valence-corrected chi connectivity index (χ0v) is 12.1. The summed E-state index contributed by atoms with van der Waals surface area (Å²) in [6.07, 6.45) is 0. The van der Waals surface area contributed by atoms with Gasteiger partial charge in [0.05, 0.1) is 45.7 Å². The Morgan fingerprint density at radius 1 is 0.857 bits per heavy atom. The lowest BCUT2D eigenvalue weighted by atomic mass is 10.2. The number of carbonyl (C=O) groups excluding carboxylic acids is 2. The quantitative estimate of drug-likeness (QED) is 0.279. The number of hydrogen-bond donors (Lipinski definition) is 3. The minimum absolute atomic E-state index is 0.0613. The molecule has 0 aromatic heterocycles. The van der Waals surface area contributed by atoms with Gasteiger partial charge in [0.2, 0.25) is 5.91 Å². The van der Waals surface area contributed by atoms with E-state index in [2.05, 4.69) is 0 Å². The molecule has 124 valence electrons. The van der Waals surface area contributed by atoms with Gasteiger partial charge >= 0.3 is 0 Å². The minimum atomic E-state index is -0.758. The lowest BCUT2D eigenvalue weighted by molar-refractivity contribution is -0.126. The second-order valence-corrected chi connectivity index (χ2v) is 4.12. The Bertz CT molecular complexity index is 290. The van der Waals surface area contributed by atoms with Gasteiger partial charge in [-0.3, -0.25) is 9.59 Å². The predicted molar refractivity (Wildman–Crippen MR) is 74.5 cm³/mol. The fourth-order valence-electron chi connectivity index (χ4n) is 1.18. The molecule has 0 rings (SSSR count). The van der Waals surface area contributed by atoms with Crippen LogP contribution in [0.2, 0.25) is 0 Å². The maximum Gasteiger partial charge on any atom is 0.243 e. The summed E-state index contributed by atoms with van der Waals surface area (Å²) in [5.41, 5.74) is 15.7. The number of ketones is 1. The Labute approximate surface area is 124 Å². The largest absolute Gasteiger partial charge is 0.378 e. The molecule has 9 nitrogen and oxygen atoms in total. The van der Waals surface area contributed by atoms with Gasteiger partial charge in [0.15, 0.2) is 5.78 Å². The molecule has 0 radical (unpaired) electrons. The smallest absolute Gasteiger partial charge is 0.243 e. The normalized spacial score (nSPS) is 12.3. The molecule has 0 bridgehead atoms. The monoisotopic (exact) mass is 307 g/mol. The van der Waals surface area contributed by atoms with Crippen LogP contribution in [0.3, 0.4) is 0 Å². The molecule has 0 aliphatic rings. The van der Waals surface area contributed by atoms with Crippen LogP contribution in [-0.4, -0.2) is 77.1 Å². The zero-order valence-electron chi connectivity index (χ0n) is 12.1. The standard InChI is InChI=1S/C12H25N3O6/c13-1-2-18-3-4-20-8-11(16)10(14)7-19-5-6-21-9-12(15)17/h10H,1-9,13-14H2,(H2,15,17). The summed E-state index contributed by atoms with van der Waals surface area (Å²) in [5.74, 6) is -0.804. The summed E-state index contributed by atoms with van der Waals surface area (Å²) >= 11 is 0. The van der Waals surface area contributed by atoms with Gasteiger partial charge in [-0.05, 0) is 0 Å². The topological polar surface area (TPSA) is 149 Å². The lowest BCUT2D eigenvalue weighted by Crippen LogP contribution is -2.38. The SMILES string of the molecule is NCCOCCOCC(=O)C(N)COCCOCC(N)=O. The molecule has 0 aromatic rings. The Hall–Kier alpha value is -1.10. The van der Waals surface area contributed by atoms with Crippen molar-refractivity contribution in [2.45, 2.75) is 6.04 Å². The van der Waals surface area contributed by atoms with E-state index in [1.165, 1.54) is 0 Å². The van der Waals surface area contributed by atoms with Gasteiger partial charge < -0.3 is 36.1 Å². The molecular formula is C12H25N3O6. The summed E-state index contributed by atoms with van der Waals surface area (Å²) in [6, 6.07) is -0.758. The third-order valence-electron chi connectivity index (χ3n) is 2.21. The molecule has 0 spiro atoms. The van der Waals surface area contributed by atoms with E-state index in [4.69, 9.17) is 36.1 Å². The first kappa shape index (κ1) is 19.9. The molecule has 0 aliphatic heterocycles. The van der Waals surface area contributed by atoms with Crippen LogP contribution in [0.15, 0.2) is 0 Å². The van der Waals surface area contributed by atoms with Crippen molar-refractivity contribution in [2.24, 2.45) is 17.2 Å². The highest BCUT2D eigenvalue weighted by Crippen LogP contribution is 1.89. The second-order valence-electron chi connectivity index (χ2n) is 4.12. The van der Waals surface area contributed by atoms with Crippen LogP contribution in [0.4, 0.5) is 0 Å². The van der Waals surface area contributed by atoms with Crippen molar-refractivity contribution in [2.75, 3.05) is 59.4 Å². The van der Waals surface area contributed by atoms with Crippen LogP contribution in [-0.2, 0) is 28.5 Å². The van der Waals surface area contributed by atoms with Gasteiger partial charge in [0.25, 0.3) is 0 Å². The van der Waals surface area contributed by atoms with Gasteiger partial charge in [0.1, 0.15) is 13.2 Å². The zero-order chi connectivity index (χ0) is 15.9. The number of primary amides is 1. The van der Waals surface area contributed by atoms with E-state index in [9.17, 15) is 9.59 Å². The maximum absolute atomic E-state index is 11.6. The number of carbonyl (C=O) groups is 2. The van der Waals surface area contributed by atoms with Crippen molar-refractivity contribution in [3.05, 3.63) is 0 Å². The second kappa shape index (κ2) is 13.9. The van der Waals surface area contributed by atoms with Crippen molar-refractivity contribution in [3.63, 3.8) is 0 Å². The van der Waals surface area contributed by atoms with E-state index in [1.54, 1.807) is 0 Å². The Kier molecular flexibility index (Phi) is 13.1. The van der Waals surface area contributed by atoms with E-state index in [1.807, 2.05) is 0 Å². The van der Waals surface area contributed by atoms with E-state index in [0.717, 1.165) is 0 Å². The van der Waals surface area contributed by atoms with Gasteiger partial charge in [0, 0.05) is 6.54 Å².